The Morgan fingerprint density at radius 2 is 1.89 bits per heavy atom. The first kappa shape index (κ1) is 26.5. The fraction of sp³-hybridized carbons (Fsp3) is 0.462. The first-order chi connectivity index (χ1) is 17.8. The van der Waals surface area contributed by atoms with Gasteiger partial charge < -0.3 is 31.1 Å². The number of nitrogen functional groups attached to an aromatic ring is 1. The molecule has 1 aromatic carbocycles. The molecule has 0 unspecified atom stereocenters. The fourth-order valence-electron chi connectivity index (χ4n) is 4.04. The van der Waals surface area contributed by atoms with Gasteiger partial charge in [0.15, 0.2) is 17.3 Å². The molecule has 0 saturated carbocycles. The van der Waals surface area contributed by atoms with Crippen LogP contribution >= 0.6 is 0 Å². The van der Waals surface area contributed by atoms with E-state index in [-0.39, 0.29) is 17.8 Å². The highest BCUT2D eigenvalue weighted by atomic mass is 16.6. The van der Waals surface area contributed by atoms with E-state index in [0.717, 1.165) is 40.8 Å². The summed E-state index contributed by atoms with van der Waals surface area (Å²) in [7, 11) is 0. The highest BCUT2D eigenvalue weighted by Gasteiger charge is 2.25. The maximum absolute atomic E-state index is 9.50. The Labute approximate surface area is 216 Å². The van der Waals surface area contributed by atoms with Gasteiger partial charge in [0.2, 0.25) is 0 Å². The van der Waals surface area contributed by atoms with Crippen molar-refractivity contribution >= 4 is 22.5 Å². The van der Waals surface area contributed by atoms with Gasteiger partial charge in [0.25, 0.3) is 0 Å². The molecule has 4 aromatic rings. The number of aliphatic hydroxyl groups excluding tert-OH is 2. The van der Waals surface area contributed by atoms with Crippen molar-refractivity contribution in [3.63, 3.8) is 0 Å². The van der Waals surface area contributed by atoms with E-state index < -0.39 is 6.10 Å². The van der Waals surface area contributed by atoms with Crippen molar-refractivity contribution in [3.8, 4) is 22.8 Å². The first-order valence-corrected chi connectivity index (χ1v) is 12.5. The summed E-state index contributed by atoms with van der Waals surface area (Å²) in [6.45, 7) is 8.77. The van der Waals surface area contributed by atoms with Crippen molar-refractivity contribution in [2.75, 3.05) is 37.3 Å². The van der Waals surface area contributed by atoms with E-state index in [1.807, 2.05) is 36.5 Å². The summed E-state index contributed by atoms with van der Waals surface area (Å²) < 4.78 is 7.05. The number of nitrogens with two attached hydrogens (primary N) is 1. The number of rotatable bonds is 12. The van der Waals surface area contributed by atoms with Crippen molar-refractivity contribution in [3.05, 3.63) is 36.5 Å². The second-order valence-corrected chi connectivity index (χ2v) is 10.3. The SMILES string of the molecule is CC(C)(C)CCn1c(-c2nonc2N)nc2c(-c3ccccc3)ncc(NCCCNC[C@H](O)CO)c21. The fourth-order valence-corrected chi connectivity index (χ4v) is 4.04. The molecule has 11 heteroatoms. The zero-order valence-electron chi connectivity index (χ0n) is 21.6. The van der Waals surface area contributed by atoms with Crippen LogP contribution in [0.4, 0.5) is 11.5 Å². The van der Waals surface area contributed by atoms with Gasteiger partial charge in [-0.1, -0.05) is 51.1 Å². The van der Waals surface area contributed by atoms with Crippen molar-refractivity contribution in [1.82, 2.24) is 30.2 Å². The molecule has 1 atom stereocenters. The van der Waals surface area contributed by atoms with E-state index in [1.165, 1.54) is 0 Å². The summed E-state index contributed by atoms with van der Waals surface area (Å²) >= 11 is 0. The summed E-state index contributed by atoms with van der Waals surface area (Å²) in [5.41, 5.74) is 10.8. The van der Waals surface area contributed by atoms with Crippen LogP contribution in [0.1, 0.15) is 33.6 Å². The van der Waals surface area contributed by atoms with Gasteiger partial charge in [-0.15, -0.1) is 0 Å². The molecular formula is C26H36N8O3. The van der Waals surface area contributed by atoms with Crippen LogP contribution in [-0.2, 0) is 6.54 Å². The van der Waals surface area contributed by atoms with Crippen molar-refractivity contribution < 1.29 is 14.8 Å². The zero-order chi connectivity index (χ0) is 26.4. The van der Waals surface area contributed by atoms with Gasteiger partial charge in [0.05, 0.1) is 35.8 Å². The number of benzene rings is 1. The number of hydrogen-bond donors (Lipinski definition) is 5. The third kappa shape index (κ3) is 6.43. The topological polar surface area (TPSA) is 160 Å². The lowest BCUT2D eigenvalue weighted by Gasteiger charge is -2.20. The zero-order valence-corrected chi connectivity index (χ0v) is 21.6. The molecule has 0 radical (unpaired) electrons. The lowest BCUT2D eigenvalue weighted by molar-refractivity contribution is 0.0946. The molecule has 0 fully saturated rings. The Balaban J connectivity index is 1.74. The Hall–Kier alpha value is -3.54. The van der Waals surface area contributed by atoms with E-state index >= 15 is 0 Å². The summed E-state index contributed by atoms with van der Waals surface area (Å²) in [6.07, 6.45) is 2.80. The van der Waals surface area contributed by atoms with Gasteiger partial charge in [-0.25, -0.2) is 9.61 Å². The quantitative estimate of drug-likeness (QED) is 0.180. The third-order valence-corrected chi connectivity index (χ3v) is 6.06. The predicted molar refractivity (Wildman–Crippen MR) is 144 cm³/mol. The summed E-state index contributed by atoms with van der Waals surface area (Å²) in [6, 6.07) is 9.96. The van der Waals surface area contributed by atoms with Gasteiger partial charge >= 0.3 is 0 Å². The lowest BCUT2D eigenvalue weighted by Crippen LogP contribution is -2.30. The van der Waals surface area contributed by atoms with Crippen LogP contribution in [-0.4, -0.2) is 67.4 Å². The minimum Gasteiger partial charge on any atom is -0.394 e. The molecule has 0 aliphatic carbocycles. The maximum Gasteiger partial charge on any atom is 0.199 e. The second kappa shape index (κ2) is 11.7. The Bertz CT molecular complexity index is 1300. The summed E-state index contributed by atoms with van der Waals surface area (Å²) in [5, 5.41) is 32.9. The Morgan fingerprint density at radius 3 is 2.57 bits per heavy atom. The second-order valence-electron chi connectivity index (χ2n) is 10.3. The van der Waals surface area contributed by atoms with E-state index in [4.69, 9.17) is 25.4 Å². The van der Waals surface area contributed by atoms with Gasteiger partial charge in [-0.05, 0) is 35.1 Å². The van der Waals surface area contributed by atoms with Gasteiger partial charge in [0.1, 0.15) is 5.52 Å². The van der Waals surface area contributed by atoms with Crippen LogP contribution in [0.15, 0.2) is 41.2 Å². The van der Waals surface area contributed by atoms with Crippen LogP contribution < -0.4 is 16.4 Å². The number of fused-ring (bicyclic) bond motifs is 1. The van der Waals surface area contributed by atoms with E-state index in [2.05, 4.69) is 46.3 Å². The standard InChI is InChI=1S/C26H36N8O3/c1-26(2,3)10-13-34-23-19(29-12-7-11-28-14-18(36)16-35)15-30-20(17-8-5-4-6-9-17)21(23)31-25(34)22-24(27)33-37-32-22/h4-6,8-9,15,18,28-29,35-36H,7,10-14,16H2,1-3H3,(H2,27,33)/t18-/m0/s1. The molecule has 3 aromatic heterocycles. The molecule has 11 nitrogen and oxygen atoms in total. The predicted octanol–water partition coefficient (Wildman–Crippen LogP) is 2.91. The first-order valence-electron chi connectivity index (χ1n) is 12.5. The van der Waals surface area contributed by atoms with Gasteiger partial charge in [0, 0.05) is 25.2 Å². The van der Waals surface area contributed by atoms with Crippen molar-refractivity contribution in [1.29, 1.82) is 0 Å². The van der Waals surface area contributed by atoms with Crippen LogP contribution in [0.5, 0.6) is 0 Å². The van der Waals surface area contributed by atoms with Crippen molar-refractivity contribution in [2.24, 2.45) is 5.41 Å². The highest BCUT2D eigenvalue weighted by molar-refractivity contribution is 5.99. The lowest BCUT2D eigenvalue weighted by atomic mass is 9.92. The van der Waals surface area contributed by atoms with E-state index in [0.29, 0.717) is 37.7 Å². The third-order valence-electron chi connectivity index (χ3n) is 6.06. The smallest absolute Gasteiger partial charge is 0.199 e. The molecule has 0 saturated heterocycles. The number of nitrogens with one attached hydrogen (secondary N) is 2. The minimum atomic E-state index is -0.753. The van der Waals surface area contributed by atoms with Crippen LogP contribution in [0, 0.1) is 5.41 Å². The molecular weight excluding hydrogens is 472 g/mol. The van der Waals surface area contributed by atoms with E-state index in [1.54, 1.807) is 0 Å². The molecule has 4 rings (SSSR count). The maximum atomic E-state index is 9.50. The monoisotopic (exact) mass is 508 g/mol. The normalized spacial score (nSPS) is 12.8. The van der Waals surface area contributed by atoms with Crippen LogP contribution in [0.25, 0.3) is 33.8 Å². The molecule has 0 aliphatic rings. The number of aliphatic hydroxyl groups is 2. The molecule has 198 valence electrons. The van der Waals surface area contributed by atoms with Gasteiger partial charge in [-0.2, -0.15) is 0 Å². The van der Waals surface area contributed by atoms with Crippen LogP contribution in [0.2, 0.25) is 0 Å². The number of hydrogen-bond acceptors (Lipinski definition) is 10. The highest BCUT2D eigenvalue weighted by Crippen LogP contribution is 2.36. The number of nitrogens with zero attached hydrogens (tertiary/aromatic N) is 5. The number of aromatic nitrogens is 5. The largest absolute Gasteiger partial charge is 0.394 e. The van der Waals surface area contributed by atoms with Gasteiger partial charge in [-0.3, -0.25) is 4.98 Å². The number of anilines is 2. The summed E-state index contributed by atoms with van der Waals surface area (Å²) in [4.78, 5) is 9.78. The van der Waals surface area contributed by atoms with Crippen molar-refractivity contribution in [2.45, 2.75) is 46.3 Å². The average molecular weight is 509 g/mol. The Morgan fingerprint density at radius 1 is 1.11 bits per heavy atom. The minimum absolute atomic E-state index is 0.0924. The number of aryl methyl sites for hydroxylation is 1. The molecule has 37 heavy (non-hydrogen) atoms. The van der Waals surface area contributed by atoms with E-state index in [9.17, 15) is 5.11 Å². The molecule has 6 N–H and O–H groups in total. The summed E-state index contributed by atoms with van der Waals surface area (Å²) in [5.74, 6) is 0.776. The Kier molecular flexibility index (Phi) is 8.37. The average Bonchev–Trinajstić information content (AvgIpc) is 3.48. The molecule has 3 heterocycles. The molecule has 0 amide bonds. The van der Waals surface area contributed by atoms with Crippen LogP contribution in [0.3, 0.4) is 0 Å². The molecule has 0 bridgehead atoms. The number of pyridine rings is 1. The molecule has 0 spiro atoms. The molecule has 0 aliphatic heterocycles. The number of imidazole rings is 1.